The number of hydrogen-bond acceptors (Lipinski definition) is 5. The van der Waals surface area contributed by atoms with Gasteiger partial charge >= 0.3 is 0 Å². The molecule has 8 heteroatoms. The fourth-order valence-corrected chi connectivity index (χ4v) is 3.68. The van der Waals surface area contributed by atoms with Crippen molar-refractivity contribution in [2.75, 3.05) is 39.3 Å². The second-order valence-corrected chi connectivity index (χ2v) is 7.61. The molecule has 0 spiro atoms. The number of carbonyl (C=O) groups excluding carboxylic acids is 1. The van der Waals surface area contributed by atoms with Crippen molar-refractivity contribution >= 4 is 17.5 Å². The molecular formula is C20H28ClN5O2. The third kappa shape index (κ3) is 5.23. The zero-order valence-electron chi connectivity index (χ0n) is 16.8. The number of rotatable bonds is 7. The smallest absolute Gasteiger partial charge is 0.224 e. The topological polar surface area (TPSA) is 63.5 Å². The summed E-state index contributed by atoms with van der Waals surface area (Å²) in [5.74, 6) is 2.48. The van der Waals surface area contributed by atoms with E-state index in [1.54, 1.807) is 0 Å². The maximum absolute atomic E-state index is 12.6. The zero-order chi connectivity index (χ0) is 20.1. The monoisotopic (exact) mass is 405 g/mol. The molecule has 0 radical (unpaired) electrons. The Hall–Kier alpha value is -2.12. The van der Waals surface area contributed by atoms with E-state index in [0.717, 1.165) is 44.4 Å². The predicted molar refractivity (Wildman–Crippen MR) is 109 cm³/mol. The highest BCUT2D eigenvalue weighted by Gasteiger charge is 2.23. The average Bonchev–Trinajstić information content (AvgIpc) is 3.02. The lowest BCUT2D eigenvalue weighted by Crippen LogP contribution is -2.49. The van der Waals surface area contributed by atoms with Gasteiger partial charge in [0.25, 0.3) is 0 Å². The molecule has 0 aliphatic carbocycles. The van der Waals surface area contributed by atoms with Gasteiger partial charge in [0.15, 0.2) is 0 Å². The van der Waals surface area contributed by atoms with E-state index in [-0.39, 0.29) is 11.9 Å². The Balaban J connectivity index is 1.40. The number of ether oxygens (including phenoxy) is 1. The van der Waals surface area contributed by atoms with Crippen molar-refractivity contribution in [3.63, 3.8) is 0 Å². The minimum absolute atomic E-state index is 0.00995. The van der Waals surface area contributed by atoms with E-state index >= 15 is 0 Å². The normalized spacial score (nSPS) is 16.2. The Labute approximate surface area is 171 Å². The first-order chi connectivity index (χ1) is 13.4. The summed E-state index contributed by atoms with van der Waals surface area (Å²) >= 11 is 6.10. The molecule has 1 amide bonds. The largest absolute Gasteiger partial charge is 0.491 e. The van der Waals surface area contributed by atoms with Crippen LogP contribution in [0, 0.1) is 13.8 Å². The van der Waals surface area contributed by atoms with Gasteiger partial charge < -0.3 is 9.64 Å². The first-order valence-electron chi connectivity index (χ1n) is 9.71. The summed E-state index contributed by atoms with van der Waals surface area (Å²) in [4.78, 5) is 21.2. The van der Waals surface area contributed by atoms with Gasteiger partial charge in [-0.2, -0.15) is 5.10 Å². The molecule has 0 N–H and O–H groups in total. The van der Waals surface area contributed by atoms with Crippen LogP contribution in [-0.2, 0) is 4.79 Å². The number of hydrogen-bond donors (Lipinski definition) is 0. The van der Waals surface area contributed by atoms with Crippen LogP contribution in [0.15, 0.2) is 24.3 Å². The van der Waals surface area contributed by atoms with Crippen LogP contribution in [0.3, 0.4) is 0 Å². The van der Waals surface area contributed by atoms with Crippen molar-refractivity contribution in [2.24, 2.45) is 0 Å². The standard InChI is InChI=1S/C20H28ClN5O2/c1-15(26-17(3)22-16(2)23-26)14-20(27)25-10-8-24(9-11-25)12-13-28-19-7-5-4-6-18(19)21/h4-7,15H,8-14H2,1-3H3. The molecule has 0 bridgehead atoms. The number of aromatic nitrogens is 3. The number of halogens is 1. The van der Waals surface area contributed by atoms with Crippen LogP contribution >= 0.6 is 11.6 Å². The molecule has 2 aromatic rings. The van der Waals surface area contributed by atoms with Gasteiger partial charge in [-0.05, 0) is 32.9 Å². The highest BCUT2D eigenvalue weighted by molar-refractivity contribution is 6.32. The summed E-state index contributed by atoms with van der Waals surface area (Å²) in [7, 11) is 0. The van der Waals surface area contributed by atoms with E-state index in [1.165, 1.54) is 0 Å². The van der Waals surface area contributed by atoms with Gasteiger partial charge in [-0.3, -0.25) is 9.69 Å². The summed E-state index contributed by atoms with van der Waals surface area (Å²) in [6, 6.07) is 7.51. The van der Waals surface area contributed by atoms with Crippen molar-refractivity contribution < 1.29 is 9.53 Å². The summed E-state index contributed by atoms with van der Waals surface area (Å²) in [6.07, 6.45) is 0.444. The highest BCUT2D eigenvalue weighted by Crippen LogP contribution is 2.23. The number of para-hydroxylation sites is 1. The van der Waals surface area contributed by atoms with Crippen LogP contribution in [0.2, 0.25) is 5.02 Å². The second-order valence-electron chi connectivity index (χ2n) is 7.21. The van der Waals surface area contributed by atoms with E-state index in [1.807, 2.05) is 54.6 Å². The van der Waals surface area contributed by atoms with E-state index in [4.69, 9.17) is 16.3 Å². The number of amides is 1. The average molecular weight is 406 g/mol. The quantitative estimate of drug-likeness (QED) is 0.708. The van der Waals surface area contributed by atoms with Gasteiger partial charge in [-0.1, -0.05) is 23.7 Å². The van der Waals surface area contributed by atoms with Crippen LogP contribution in [0.5, 0.6) is 5.75 Å². The maximum Gasteiger partial charge on any atom is 0.224 e. The molecule has 1 unspecified atom stereocenters. The van der Waals surface area contributed by atoms with Crippen molar-refractivity contribution in [1.29, 1.82) is 0 Å². The Morgan fingerprint density at radius 3 is 2.57 bits per heavy atom. The number of benzene rings is 1. The SMILES string of the molecule is Cc1nc(C)n(C(C)CC(=O)N2CCN(CCOc3ccccc3Cl)CC2)n1. The second kappa shape index (κ2) is 9.39. The summed E-state index contributed by atoms with van der Waals surface area (Å²) < 4.78 is 7.60. The van der Waals surface area contributed by atoms with Gasteiger partial charge in [0.05, 0.1) is 11.1 Å². The number of nitrogens with zero attached hydrogens (tertiary/aromatic N) is 5. The van der Waals surface area contributed by atoms with Crippen LogP contribution in [-0.4, -0.2) is 69.8 Å². The molecule has 1 saturated heterocycles. The molecule has 1 aliphatic heterocycles. The number of carbonyl (C=O) groups is 1. The Morgan fingerprint density at radius 1 is 1.21 bits per heavy atom. The molecule has 3 rings (SSSR count). The molecule has 1 aromatic carbocycles. The van der Waals surface area contributed by atoms with Crippen molar-refractivity contribution in [3.05, 3.63) is 40.9 Å². The van der Waals surface area contributed by atoms with Gasteiger partial charge in [0.2, 0.25) is 5.91 Å². The summed E-state index contributed by atoms with van der Waals surface area (Å²) in [5, 5.41) is 5.02. The molecule has 1 aliphatic rings. The minimum atomic E-state index is 0.00995. The summed E-state index contributed by atoms with van der Waals surface area (Å²) in [6.45, 7) is 10.4. The predicted octanol–water partition coefficient (Wildman–Crippen LogP) is 2.72. The molecule has 28 heavy (non-hydrogen) atoms. The third-order valence-corrected chi connectivity index (χ3v) is 5.33. The van der Waals surface area contributed by atoms with Crippen LogP contribution in [0.25, 0.3) is 0 Å². The zero-order valence-corrected chi connectivity index (χ0v) is 17.5. The Bertz CT molecular complexity index is 802. The van der Waals surface area contributed by atoms with Crippen LogP contribution in [0.4, 0.5) is 0 Å². The molecule has 2 heterocycles. The molecule has 1 atom stereocenters. The van der Waals surface area contributed by atoms with Crippen molar-refractivity contribution in [1.82, 2.24) is 24.6 Å². The minimum Gasteiger partial charge on any atom is -0.491 e. The molecule has 7 nitrogen and oxygen atoms in total. The first kappa shape index (κ1) is 20.6. The third-order valence-electron chi connectivity index (χ3n) is 5.02. The molecule has 1 aromatic heterocycles. The fraction of sp³-hybridized carbons (Fsp3) is 0.550. The molecule has 152 valence electrons. The van der Waals surface area contributed by atoms with Gasteiger partial charge in [0.1, 0.15) is 24.0 Å². The van der Waals surface area contributed by atoms with E-state index in [9.17, 15) is 4.79 Å². The van der Waals surface area contributed by atoms with E-state index in [2.05, 4.69) is 15.0 Å². The maximum atomic E-state index is 12.6. The number of piperazine rings is 1. The lowest BCUT2D eigenvalue weighted by atomic mass is 10.2. The fourth-order valence-electron chi connectivity index (χ4n) is 3.49. The molecule has 1 fully saturated rings. The van der Waals surface area contributed by atoms with Gasteiger partial charge in [0, 0.05) is 39.1 Å². The van der Waals surface area contributed by atoms with E-state index in [0.29, 0.717) is 23.8 Å². The van der Waals surface area contributed by atoms with Gasteiger partial charge in [-0.15, -0.1) is 0 Å². The lowest BCUT2D eigenvalue weighted by molar-refractivity contribution is -0.133. The van der Waals surface area contributed by atoms with E-state index < -0.39 is 0 Å². The summed E-state index contributed by atoms with van der Waals surface area (Å²) in [5.41, 5.74) is 0. The van der Waals surface area contributed by atoms with Crippen molar-refractivity contribution in [2.45, 2.75) is 33.2 Å². The first-order valence-corrected chi connectivity index (χ1v) is 10.1. The molecular weight excluding hydrogens is 378 g/mol. The Morgan fingerprint density at radius 2 is 1.93 bits per heavy atom. The number of aryl methyl sites for hydroxylation is 2. The van der Waals surface area contributed by atoms with Crippen molar-refractivity contribution in [3.8, 4) is 5.75 Å². The highest BCUT2D eigenvalue weighted by atomic mass is 35.5. The molecule has 0 saturated carbocycles. The Kier molecular flexibility index (Phi) is 6.91. The van der Waals surface area contributed by atoms with Crippen LogP contribution < -0.4 is 4.74 Å². The van der Waals surface area contributed by atoms with Crippen LogP contribution in [0.1, 0.15) is 31.0 Å². The lowest BCUT2D eigenvalue weighted by Gasteiger charge is -2.35. The van der Waals surface area contributed by atoms with Gasteiger partial charge in [-0.25, -0.2) is 9.67 Å².